The standard InChI is InChI=1S/C20H20O2S2/c1-3-13-21-17-9-5-15(6-10-17)19(23)20(24)16-7-11-18(12-8-16)22-14-4-2/h3-12,23-24H,1-2,13-14H2/b20-19-. The first kappa shape index (κ1) is 18.3. The zero-order valence-electron chi connectivity index (χ0n) is 13.3. The summed E-state index contributed by atoms with van der Waals surface area (Å²) in [4.78, 5) is 1.60. The maximum atomic E-state index is 5.48. The SMILES string of the molecule is C=CCOc1ccc(/C(S)=C(/S)c2ccc(OCC=C)cc2)cc1. The molecular weight excluding hydrogens is 336 g/mol. The Balaban J connectivity index is 2.16. The van der Waals surface area contributed by atoms with Crippen LogP contribution in [0, 0.1) is 0 Å². The maximum absolute atomic E-state index is 5.48. The molecule has 0 aliphatic heterocycles. The summed E-state index contributed by atoms with van der Waals surface area (Å²) < 4.78 is 11.0. The van der Waals surface area contributed by atoms with Gasteiger partial charge in [0.05, 0.1) is 0 Å². The number of ether oxygens (including phenoxy) is 2. The first-order valence-corrected chi connectivity index (χ1v) is 8.35. The van der Waals surface area contributed by atoms with Crippen molar-refractivity contribution in [3.63, 3.8) is 0 Å². The molecule has 0 radical (unpaired) electrons. The van der Waals surface area contributed by atoms with Gasteiger partial charge in [-0.25, -0.2) is 0 Å². The van der Waals surface area contributed by atoms with E-state index < -0.39 is 0 Å². The van der Waals surface area contributed by atoms with Gasteiger partial charge < -0.3 is 9.47 Å². The van der Waals surface area contributed by atoms with Gasteiger partial charge in [-0.1, -0.05) is 49.6 Å². The van der Waals surface area contributed by atoms with Crippen LogP contribution >= 0.6 is 25.3 Å². The molecule has 0 fully saturated rings. The fourth-order valence-electron chi connectivity index (χ4n) is 2.00. The normalized spacial score (nSPS) is 11.4. The molecule has 4 heteroatoms. The quantitative estimate of drug-likeness (QED) is 0.369. The van der Waals surface area contributed by atoms with Crippen molar-refractivity contribution in [1.82, 2.24) is 0 Å². The van der Waals surface area contributed by atoms with Gasteiger partial charge in [0.15, 0.2) is 0 Å². The molecule has 0 N–H and O–H groups in total. The molecule has 0 saturated carbocycles. The van der Waals surface area contributed by atoms with Crippen molar-refractivity contribution >= 4 is 35.1 Å². The molecule has 124 valence electrons. The zero-order valence-corrected chi connectivity index (χ0v) is 15.1. The minimum Gasteiger partial charge on any atom is -0.490 e. The van der Waals surface area contributed by atoms with E-state index in [0.29, 0.717) is 13.2 Å². The van der Waals surface area contributed by atoms with Gasteiger partial charge in [-0.3, -0.25) is 0 Å². The lowest BCUT2D eigenvalue weighted by atomic mass is 10.1. The van der Waals surface area contributed by atoms with E-state index >= 15 is 0 Å². The smallest absolute Gasteiger partial charge is 0.119 e. The van der Waals surface area contributed by atoms with Crippen LogP contribution < -0.4 is 9.47 Å². The molecule has 0 spiro atoms. The number of hydrogen-bond donors (Lipinski definition) is 2. The number of thiol groups is 2. The van der Waals surface area contributed by atoms with E-state index in [1.807, 2.05) is 48.5 Å². The van der Waals surface area contributed by atoms with Crippen molar-refractivity contribution in [1.29, 1.82) is 0 Å². The molecule has 0 aliphatic carbocycles. The second-order valence-electron chi connectivity index (χ2n) is 4.95. The summed E-state index contributed by atoms with van der Waals surface area (Å²) in [6.07, 6.45) is 3.43. The Bertz CT molecular complexity index is 653. The van der Waals surface area contributed by atoms with E-state index in [1.165, 1.54) is 0 Å². The number of hydrogen-bond acceptors (Lipinski definition) is 4. The average Bonchev–Trinajstić information content (AvgIpc) is 2.64. The van der Waals surface area contributed by atoms with Gasteiger partial charge in [0, 0.05) is 9.81 Å². The minimum atomic E-state index is 0.487. The number of benzene rings is 2. The monoisotopic (exact) mass is 356 g/mol. The van der Waals surface area contributed by atoms with Crippen molar-refractivity contribution in [2.24, 2.45) is 0 Å². The van der Waals surface area contributed by atoms with Crippen LogP contribution in [0.1, 0.15) is 11.1 Å². The first-order valence-electron chi connectivity index (χ1n) is 7.46. The summed E-state index contributed by atoms with van der Waals surface area (Å²) in [5.74, 6) is 1.59. The Morgan fingerprint density at radius 2 is 1.04 bits per heavy atom. The highest BCUT2D eigenvalue weighted by Gasteiger charge is 2.06. The summed E-state index contributed by atoms with van der Waals surface area (Å²) in [5.41, 5.74) is 1.95. The van der Waals surface area contributed by atoms with E-state index in [1.54, 1.807) is 12.2 Å². The van der Waals surface area contributed by atoms with Crippen molar-refractivity contribution in [3.8, 4) is 11.5 Å². The lowest BCUT2D eigenvalue weighted by molar-refractivity contribution is 0.363. The highest BCUT2D eigenvalue weighted by atomic mass is 32.1. The third kappa shape index (κ3) is 4.98. The molecule has 2 nitrogen and oxygen atoms in total. The van der Waals surface area contributed by atoms with Crippen LogP contribution in [0.5, 0.6) is 11.5 Å². The van der Waals surface area contributed by atoms with Crippen molar-refractivity contribution in [2.45, 2.75) is 0 Å². The molecule has 0 saturated heterocycles. The van der Waals surface area contributed by atoms with Gasteiger partial charge >= 0.3 is 0 Å². The lowest BCUT2D eigenvalue weighted by Gasteiger charge is -2.09. The zero-order chi connectivity index (χ0) is 17.4. The lowest BCUT2D eigenvalue weighted by Crippen LogP contribution is -1.93. The molecule has 0 amide bonds. The third-order valence-electron chi connectivity index (χ3n) is 3.22. The summed E-state index contributed by atoms with van der Waals surface area (Å²) in [7, 11) is 0. The molecule has 0 bridgehead atoms. The van der Waals surface area contributed by atoms with Crippen LogP contribution in [0.4, 0.5) is 0 Å². The summed E-state index contributed by atoms with van der Waals surface area (Å²) in [6, 6.07) is 15.4. The fraction of sp³-hybridized carbons (Fsp3) is 0.100. The molecule has 0 atom stereocenters. The Morgan fingerprint density at radius 1 is 0.708 bits per heavy atom. The van der Waals surface area contributed by atoms with Crippen LogP contribution in [0.25, 0.3) is 9.81 Å². The molecule has 0 aliphatic rings. The summed E-state index contributed by atoms with van der Waals surface area (Å²) in [5, 5.41) is 0. The summed E-state index contributed by atoms with van der Waals surface area (Å²) >= 11 is 9.23. The van der Waals surface area contributed by atoms with Crippen molar-refractivity contribution in [3.05, 3.63) is 85.0 Å². The average molecular weight is 357 g/mol. The second kappa shape index (κ2) is 9.30. The first-order chi connectivity index (χ1) is 11.7. The summed E-state index contributed by atoms with van der Waals surface area (Å²) in [6.45, 7) is 8.24. The molecular formula is C20H20O2S2. The predicted octanol–water partition coefficient (Wildman–Crippen LogP) is 5.50. The van der Waals surface area contributed by atoms with Gasteiger partial charge in [0.1, 0.15) is 24.7 Å². The van der Waals surface area contributed by atoms with E-state index in [4.69, 9.17) is 9.47 Å². The third-order valence-corrected chi connectivity index (χ3v) is 4.36. The molecule has 2 aromatic carbocycles. The van der Waals surface area contributed by atoms with Gasteiger partial charge in [-0.15, -0.1) is 25.3 Å². The van der Waals surface area contributed by atoms with Crippen LogP contribution in [0.15, 0.2) is 73.8 Å². The highest BCUT2D eigenvalue weighted by Crippen LogP contribution is 2.33. The van der Waals surface area contributed by atoms with E-state index in [0.717, 1.165) is 32.4 Å². The highest BCUT2D eigenvalue weighted by molar-refractivity contribution is 7.96. The maximum Gasteiger partial charge on any atom is 0.119 e. The Hall–Kier alpha value is -2.04. The fourth-order valence-corrected chi connectivity index (χ4v) is 2.56. The van der Waals surface area contributed by atoms with Crippen molar-refractivity contribution in [2.75, 3.05) is 13.2 Å². The second-order valence-corrected chi connectivity index (χ2v) is 5.84. The van der Waals surface area contributed by atoms with Gasteiger partial charge in [0.2, 0.25) is 0 Å². The Labute approximate surface area is 154 Å². The molecule has 24 heavy (non-hydrogen) atoms. The van der Waals surface area contributed by atoms with Crippen LogP contribution in [-0.2, 0) is 0 Å². The van der Waals surface area contributed by atoms with Crippen molar-refractivity contribution < 1.29 is 9.47 Å². The van der Waals surface area contributed by atoms with Gasteiger partial charge in [0.25, 0.3) is 0 Å². The van der Waals surface area contributed by atoms with Crippen LogP contribution in [0.3, 0.4) is 0 Å². The van der Waals surface area contributed by atoms with Crippen LogP contribution in [-0.4, -0.2) is 13.2 Å². The molecule has 0 unspecified atom stereocenters. The van der Waals surface area contributed by atoms with Gasteiger partial charge in [-0.2, -0.15) is 0 Å². The topological polar surface area (TPSA) is 18.5 Å². The van der Waals surface area contributed by atoms with E-state index in [2.05, 4.69) is 38.4 Å². The molecule has 0 heterocycles. The van der Waals surface area contributed by atoms with E-state index in [9.17, 15) is 0 Å². The molecule has 0 aromatic heterocycles. The molecule has 2 rings (SSSR count). The predicted molar refractivity (Wildman–Crippen MR) is 109 cm³/mol. The van der Waals surface area contributed by atoms with E-state index in [-0.39, 0.29) is 0 Å². The molecule has 2 aromatic rings. The Kier molecular flexibility index (Phi) is 7.09. The van der Waals surface area contributed by atoms with Crippen LogP contribution in [0.2, 0.25) is 0 Å². The minimum absolute atomic E-state index is 0.487. The largest absolute Gasteiger partial charge is 0.490 e. The van der Waals surface area contributed by atoms with Gasteiger partial charge in [-0.05, 0) is 35.4 Å². The Morgan fingerprint density at radius 3 is 1.33 bits per heavy atom. The number of rotatable bonds is 8.